The molecule has 4 nitrogen and oxygen atoms in total. The summed E-state index contributed by atoms with van der Waals surface area (Å²) in [7, 11) is 0. The van der Waals surface area contributed by atoms with Gasteiger partial charge in [-0.05, 0) is 37.5 Å². The molecule has 0 atom stereocenters. The van der Waals surface area contributed by atoms with E-state index >= 15 is 0 Å². The van der Waals surface area contributed by atoms with E-state index in [1.165, 1.54) is 11.1 Å². The number of pyridine rings is 1. The van der Waals surface area contributed by atoms with Crippen LogP contribution in [0.3, 0.4) is 0 Å². The van der Waals surface area contributed by atoms with Crippen LogP contribution in [-0.4, -0.2) is 24.0 Å². The van der Waals surface area contributed by atoms with E-state index in [2.05, 4.69) is 64.8 Å². The number of nitrogens with one attached hydrogen (secondary N) is 2. The van der Waals surface area contributed by atoms with Gasteiger partial charge < -0.3 is 10.6 Å². The van der Waals surface area contributed by atoms with E-state index in [1.54, 1.807) is 0 Å². The van der Waals surface area contributed by atoms with Gasteiger partial charge >= 0.3 is 0 Å². The molecule has 2 N–H and O–H groups in total. The Morgan fingerprint density at radius 2 is 1.87 bits per heavy atom. The number of aromatic nitrogens is 1. The molecule has 0 fully saturated rings. The number of aliphatic imine (C=N–C) groups is 1. The Balaban J connectivity index is 0.00000264. The predicted molar refractivity (Wildman–Crippen MR) is 107 cm³/mol. The molecule has 0 aliphatic carbocycles. The van der Waals surface area contributed by atoms with Crippen molar-refractivity contribution in [1.82, 2.24) is 15.6 Å². The van der Waals surface area contributed by atoms with Crippen LogP contribution in [0.5, 0.6) is 0 Å². The minimum atomic E-state index is 0. The molecule has 23 heavy (non-hydrogen) atoms. The Morgan fingerprint density at radius 3 is 2.57 bits per heavy atom. The molecule has 124 valence electrons. The number of benzene rings is 1. The van der Waals surface area contributed by atoms with Crippen LogP contribution in [0.4, 0.5) is 0 Å². The average molecular weight is 424 g/mol. The summed E-state index contributed by atoms with van der Waals surface area (Å²) < 4.78 is 0. The molecular weight excluding hydrogens is 399 g/mol. The van der Waals surface area contributed by atoms with Gasteiger partial charge in [0.15, 0.2) is 5.96 Å². The summed E-state index contributed by atoms with van der Waals surface area (Å²) in [5.74, 6) is 0.837. The maximum absolute atomic E-state index is 4.61. The lowest BCUT2D eigenvalue weighted by atomic mass is 10.1. The van der Waals surface area contributed by atoms with Crippen molar-refractivity contribution in [3.05, 3.63) is 65.5 Å². The van der Waals surface area contributed by atoms with Gasteiger partial charge in [0.05, 0.1) is 12.2 Å². The van der Waals surface area contributed by atoms with Crippen LogP contribution in [0.25, 0.3) is 0 Å². The smallest absolute Gasteiger partial charge is 0.191 e. The molecule has 0 radical (unpaired) electrons. The van der Waals surface area contributed by atoms with Crippen molar-refractivity contribution in [2.75, 3.05) is 13.1 Å². The van der Waals surface area contributed by atoms with Gasteiger partial charge in [-0.1, -0.05) is 36.4 Å². The minimum absolute atomic E-state index is 0. The largest absolute Gasteiger partial charge is 0.357 e. The highest BCUT2D eigenvalue weighted by atomic mass is 127. The Bertz CT molecular complexity index is 599. The second kappa shape index (κ2) is 11.0. The fourth-order valence-electron chi connectivity index (χ4n) is 2.15. The van der Waals surface area contributed by atoms with Crippen molar-refractivity contribution < 1.29 is 0 Å². The maximum Gasteiger partial charge on any atom is 0.191 e. The molecule has 0 bridgehead atoms. The van der Waals surface area contributed by atoms with E-state index in [0.29, 0.717) is 6.54 Å². The fourth-order valence-corrected chi connectivity index (χ4v) is 2.15. The van der Waals surface area contributed by atoms with Crippen molar-refractivity contribution in [3.63, 3.8) is 0 Å². The third kappa shape index (κ3) is 6.99. The number of halogens is 1. The lowest BCUT2D eigenvalue weighted by molar-refractivity contribution is 0.796. The van der Waals surface area contributed by atoms with Crippen LogP contribution in [0, 0.1) is 6.92 Å². The van der Waals surface area contributed by atoms with Crippen molar-refractivity contribution in [3.8, 4) is 0 Å². The molecule has 0 aliphatic heterocycles. The molecule has 2 aromatic rings. The average Bonchev–Trinajstić information content (AvgIpc) is 2.55. The highest BCUT2D eigenvalue weighted by Gasteiger charge is 2.00. The van der Waals surface area contributed by atoms with Gasteiger partial charge in [0.2, 0.25) is 0 Å². The van der Waals surface area contributed by atoms with Crippen molar-refractivity contribution in [2.45, 2.75) is 26.8 Å². The zero-order valence-corrected chi connectivity index (χ0v) is 16.1. The van der Waals surface area contributed by atoms with Crippen molar-refractivity contribution >= 4 is 29.9 Å². The van der Waals surface area contributed by atoms with Crippen LogP contribution in [0.15, 0.2) is 53.7 Å². The quantitative estimate of drug-likeness (QED) is 0.425. The minimum Gasteiger partial charge on any atom is -0.357 e. The molecule has 0 aliphatic rings. The number of hydrogen-bond donors (Lipinski definition) is 2. The zero-order valence-electron chi connectivity index (χ0n) is 13.7. The third-order valence-corrected chi connectivity index (χ3v) is 3.40. The van der Waals surface area contributed by atoms with Crippen LogP contribution >= 0.6 is 24.0 Å². The van der Waals surface area contributed by atoms with Crippen molar-refractivity contribution in [1.29, 1.82) is 0 Å². The topological polar surface area (TPSA) is 49.3 Å². The summed E-state index contributed by atoms with van der Waals surface area (Å²) in [6.45, 7) is 6.43. The van der Waals surface area contributed by atoms with Gasteiger partial charge in [0.1, 0.15) is 0 Å². The SMILES string of the molecule is CCNC(=NCc1ncccc1C)NCCc1ccccc1.I. The molecule has 0 saturated heterocycles. The summed E-state index contributed by atoms with van der Waals surface area (Å²) in [6, 6.07) is 14.5. The number of hydrogen-bond acceptors (Lipinski definition) is 2. The first kappa shape index (κ1) is 19.4. The Morgan fingerprint density at radius 1 is 1.09 bits per heavy atom. The van der Waals surface area contributed by atoms with E-state index in [4.69, 9.17) is 0 Å². The van der Waals surface area contributed by atoms with E-state index < -0.39 is 0 Å². The molecule has 2 rings (SSSR count). The summed E-state index contributed by atoms with van der Waals surface area (Å²) in [5, 5.41) is 6.64. The number of guanidine groups is 1. The van der Waals surface area contributed by atoms with E-state index in [0.717, 1.165) is 31.2 Å². The summed E-state index contributed by atoms with van der Waals surface area (Å²) in [4.78, 5) is 8.98. The predicted octanol–water partition coefficient (Wildman–Crippen LogP) is 3.31. The molecule has 1 aromatic carbocycles. The molecule has 0 spiro atoms. The maximum atomic E-state index is 4.61. The monoisotopic (exact) mass is 424 g/mol. The Labute approximate surface area is 155 Å². The van der Waals surface area contributed by atoms with Gasteiger partial charge in [-0.25, -0.2) is 4.99 Å². The number of aryl methyl sites for hydroxylation is 1. The molecular formula is C18H25IN4. The van der Waals surface area contributed by atoms with E-state index in [-0.39, 0.29) is 24.0 Å². The second-order valence-electron chi connectivity index (χ2n) is 5.12. The Hall–Kier alpha value is -1.63. The zero-order chi connectivity index (χ0) is 15.6. The Kier molecular flexibility index (Phi) is 9.28. The molecule has 1 aromatic heterocycles. The summed E-state index contributed by atoms with van der Waals surface area (Å²) in [5.41, 5.74) is 3.51. The van der Waals surface area contributed by atoms with Gasteiger partial charge in [-0.2, -0.15) is 0 Å². The summed E-state index contributed by atoms with van der Waals surface area (Å²) in [6.07, 6.45) is 2.79. The normalized spacial score (nSPS) is 10.8. The fraction of sp³-hybridized carbons (Fsp3) is 0.333. The van der Waals surface area contributed by atoms with Crippen LogP contribution in [0.2, 0.25) is 0 Å². The van der Waals surface area contributed by atoms with Crippen molar-refractivity contribution in [2.24, 2.45) is 4.99 Å². The van der Waals surface area contributed by atoms with Gasteiger partial charge in [0.25, 0.3) is 0 Å². The highest BCUT2D eigenvalue weighted by Crippen LogP contribution is 2.04. The standard InChI is InChI=1S/C18H24N4.HI/c1-3-19-18(21-13-11-16-9-5-4-6-10-16)22-14-17-15(2)8-7-12-20-17;/h4-10,12H,3,11,13-14H2,1-2H3,(H2,19,21,22);1H. The first-order chi connectivity index (χ1) is 10.8. The van der Waals surface area contributed by atoms with E-state index in [1.807, 2.05) is 18.3 Å². The molecule has 1 heterocycles. The van der Waals surface area contributed by atoms with Gasteiger partial charge in [0, 0.05) is 19.3 Å². The number of rotatable bonds is 6. The van der Waals surface area contributed by atoms with Crippen LogP contribution < -0.4 is 10.6 Å². The van der Waals surface area contributed by atoms with Crippen LogP contribution in [0.1, 0.15) is 23.7 Å². The molecule has 0 unspecified atom stereocenters. The van der Waals surface area contributed by atoms with Gasteiger partial charge in [-0.15, -0.1) is 24.0 Å². The first-order valence-corrected chi connectivity index (χ1v) is 7.76. The second-order valence-corrected chi connectivity index (χ2v) is 5.12. The summed E-state index contributed by atoms with van der Waals surface area (Å²) >= 11 is 0. The molecule has 0 amide bonds. The highest BCUT2D eigenvalue weighted by molar-refractivity contribution is 14.0. The first-order valence-electron chi connectivity index (χ1n) is 7.76. The van der Waals surface area contributed by atoms with Crippen LogP contribution in [-0.2, 0) is 13.0 Å². The lowest BCUT2D eigenvalue weighted by Gasteiger charge is -2.11. The number of nitrogens with zero attached hydrogens (tertiary/aromatic N) is 2. The van der Waals surface area contributed by atoms with E-state index in [9.17, 15) is 0 Å². The lowest BCUT2D eigenvalue weighted by Crippen LogP contribution is -2.38. The molecule has 0 saturated carbocycles. The van der Waals surface area contributed by atoms with Gasteiger partial charge in [-0.3, -0.25) is 4.98 Å². The third-order valence-electron chi connectivity index (χ3n) is 3.40. The molecule has 5 heteroatoms.